The molecule has 3 aromatic carbocycles. The van der Waals surface area contributed by atoms with Crippen molar-refractivity contribution < 1.29 is 9.59 Å². The van der Waals surface area contributed by atoms with E-state index in [1.807, 2.05) is 30.3 Å². The zero-order valence-electron chi connectivity index (χ0n) is 14.5. The van der Waals surface area contributed by atoms with Crippen molar-refractivity contribution in [1.82, 2.24) is 0 Å². The highest BCUT2D eigenvalue weighted by Crippen LogP contribution is 2.40. The Hall–Kier alpha value is -3.71. The number of fused-ring (bicyclic) bond motifs is 1. The van der Waals surface area contributed by atoms with Crippen LogP contribution in [-0.2, 0) is 6.42 Å². The van der Waals surface area contributed by atoms with Gasteiger partial charge in [-0.1, -0.05) is 48.5 Å². The topological polar surface area (TPSA) is 50.5 Å². The molecule has 0 fully saturated rings. The summed E-state index contributed by atoms with van der Waals surface area (Å²) in [6.45, 7) is 7.40. The highest BCUT2D eigenvalue weighted by Gasteiger charge is 2.27. The molecule has 0 heterocycles. The number of rotatable bonds is 3. The number of carbonyl (C=O) groups excluding carboxylic acids is 2. The highest BCUT2D eigenvalue weighted by atomic mass is 16.1. The van der Waals surface area contributed by atoms with Crippen LogP contribution in [0.25, 0.3) is 16.0 Å². The fourth-order valence-corrected chi connectivity index (χ4v) is 3.53. The van der Waals surface area contributed by atoms with Crippen LogP contribution < -0.4 is 5.32 Å². The van der Waals surface area contributed by atoms with Crippen molar-refractivity contribution in [2.45, 2.75) is 12.8 Å². The Morgan fingerprint density at radius 2 is 1.63 bits per heavy atom. The number of hydrogen-bond donors (Lipinski definition) is 1. The molecule has 27 heavy (non-hydrogen) atoms. The van der Waals surface area contributed by atoms with Gasteiger partial charge in [0.2, 0.25) is 0 Å². The van der Waals surface area contributed by atoms with Crippen molar-refractivity contribution >= 4 is 23.1 Å². The number of amides is 1. The van der Waals surface area contributed by atoms with E-state index in [4.69, 9.17) is 6.57 Å². The lowest BCUT2D eigenvalue weighted by molar-refractivity contribution is 0.0995. The van der Waals surface area contributed by atoms with Crippen LogP contribution in [0.1, 0.15) is 32.7 Å². The van der Waals surface area contributed by atoms with Crippen LogP contribution in [0.4, 0.5) is 11.4 Å². The lowest BCUT2D eigenvalue weighted by Crippen LogP contribution is -2.14. The Kier molecular flexibility index (Phi) is 4.27. The Morgan fingerprint density at radius 1 is 0.889 bits per heavy atom. The number of nitrogens with zero attached hydrogens (tertiary/aromatic N) is 1. The van der Waals surface area contributed by atoms with Crippen LogP contribution in [0.3, 0.4) is 0 Å². The number of nitrogens with one attached hydrogen (secondary N) is 1. The van der Waals surface area contributed by atoms with Crippen molar-refractivity contribution in [2.75, 3.05) is 5.32 Å². The second-order valence-electron chi connectivity index (χ2n) is 6.39. The second kappa shape index (κ2) is 6.89. The van der Waals surface area contributed by atoms with Crippen LogP contribution >= 0.6 is 0 Å². The van der Waals surface area contributed by atoms with Crippen molar-refractivity contribution in [1.29, 1.82) is 0 Å². The molecule has 3 aromatic rings. The fourth-order valence-electron chi connectivity index (χ4n) is 3.53. The molecular weight excluding hydrogens is 336 g/mol. The average molecular weight is 352 g/mol. The first-order valence-corrected chi connectivity index (χ1v) is 8.71. The summed E-state index contributed by atoms with van der Waals surface area (Å²) in [6.07, 6.45) is 1.03. The molecule has 0 spiro atoms. The van der Waals surface area contributed by atoms with Gasteiger partial charge >= 0.3 is 0 Å². The molecule has 1 aliphatic carbocycles. The molecule has 0 bridgehead atoms. The van der Waals surface area contributed by atoms with E-state index in [1.54, 1.807) is 36.4 Å². The van der Waals surface area contributed by atoms with Crippen LogP contribution in [-0.4, -0.2) is 11.7 Å². The van der Waals surface area contributed by atoms with Gasteiger partial charge in [0.05, 0.1) is 12.3 Å². The normalized spacial score (nSPS) is 12.3. The number of Topliss-reactive ketones (excluding diaryl/α,β-unsaturated/α-hetero) is 1. The molecule has 4 rings (SSSR count). The monoisotopic (exact) mass is 352 g/mol. The van der Waals surface area contributed by atoms with E-state index in [0.717, 1.165) is 16.7 Å². The number of carbonyl (C=O) groups is 2. The van der Waals surface area contributed by atoms with E-state index in [2.05, 4.69) is 10.2 Å². The van der Waals surface area contributed by atoms with Crippen molar-refractivity contribution in [3.63, 3.8) is 0 Å². The fraction of sp³-hybridized carbons (Fsp3) is 0.0870. The van der Waals surface area contributed by atoms with Crippen molar-refractivity contribution in [2.24, 2.45) is 0 Å². The van der Waals surface area contributed by atoms with Crippen LogP contribution in [0.5, 0.6) is 0 Å². The first-order valence-electron chi connectivity index (χ1n) is 8.71. The summed E-state index contributed by atoms with van der Waals surface area (Å²) in [5, 5.41) is 2.88. The summed E-state index contributed by atoms with van der Waals surface area (Å²) < 4.78 is 0. The molecule has 1 aliphatic rings. The number of para-hydroxylation sites is 1. The van der Waals surface area contributed by atoms with Gasteiger partial charge in [-0.15, -0.1) is 0 Å². The zero-order valence-corrected chi connectivity index (χ0v) is 14.5. The summed E-state index contributed by atoms with van der Waals surface area (Å²) in [4.78, 5) is 28.6. The Bertz CT molecular complexity index is 1100. The third-order valence-electron chi connectivity index (χ3n) is 4.79. The Morgan fingerprint density at radius 3 is 2.41 bits per heavy atom. The van der Waals surface area contributed by atoms with Gasteiger partial charge < -0.3 is 5.32 Å². The average Bonchev–Trinajstić information content (AvgIpc) is 3.11. The summed E-state index contributed by atoms with van der Waals surface area (Å²) >= 11 is 0. The van der Waals surface area contributed by atoms with E-state index >= 15 is 0 Å². The van der Waals surface area contributed by atoms with Crippen molar-refractivity contribution in [3.8, 4) is 11.1 Å². The molecule has 0 atom stereocenters. The second-order valence-corrected chi connectivity index (χ2v) is 6.39. The van der Waals surface area contributed by atoms with E-state index in [1.165, 1.54) is 0 Å². The maximum absolute atomic E-state index is 12.5. The van der Waals surface area contributed by atoms with Gasteiger partial charge in [0.15, 0.2) is 11.5 Å². The molecule has 0 aliphatic heterocycles. The summed E-state index contributed by atoms with van der Waals surface area (Å²) in [5.41, 5.74) is 4.81. The first kappa shape index (κ1) is 16.7. The zero-order chi connectivity index (χ0) is 18.8. The predicted octanol–water partition coefficient (Wildman–Crippen LogP) is 5.29. The summed E-state index contributed by atoms with van der Waals surface area (Å²) in [6, 6.07) is 20.0. The molecule has 4 nitrogen and oxygen atoms in total. The van der Waals surface area contributed by atoms with Gasteiger partial charge in [0.1, 0.15) is 0 Å². The first-order chi connectivity index (χ1) is 13.2. The summed E-state index contributed by atoms with van der Waals surface area (Å²) in [5.74, 6) is -0.220. The Labute approximate surface area is 157 Å². The molecule has 0 saturated heterocycles. The molecular formula is C23H16N2O2. The lowest BCUT2D eigenvalue weighted by atomic mass is 9.94. The maximum atomic E-state index is 12.5. The van der Waals surface area contributed by atoms with Gasteiger partial charge in [0, 0.05) is 17.5 Å². The van der Waals surface area contributed by atoms with E-state index < -0.39 is 0 Å². The van der Waals surface area contributed by atoms with E-state index in [9.17, 15) is 9.59 Å². The maximum Gasteiger partial charge on any atom is 0.255 e. The SMILES string of the molecule is [C-]#[N+]c1ccccc1-c1ccc(NC(=O)c2ccccc2)c2c1CCC2=O. The minimum Gasteiger partial charge on any atom is -0.321 e. The Balaban J connectivity index is 1.79. The summed E-state index contributed by atoms with van der Waals surface area (Å²) in [7, 11) is 0. The minimum atomic E-state index is -0.244. The number of anilines is 1. The van der Waals surface area contributed by atoms with Crippen molar-refractivity contribution in [3.05, 3.63) is 94.8 Å². The molecule has 4 heteroatoms. The highest BCUT2D eigenvalue weighted by molar-refractivity contribution is 6.12. The molecule has 1 N–H and O–H groups in total. The predicted molar refractivity (Wildman–Crippen MR) is 105 cm³/mol. The van der Waals surface area contributed by atoms with Gasteiger partial charge in [0.25, 0.3) is 5.91 Å². The van der Waals surface area contributed by atoms with E-state index in [-0.39, 0.29) is 11.7 Å². The third kappa shape index (κ3) is 3.00. The van der Waals surface area contributed by atoms with E-state index in [0.29, 0.717) is 35.3 Å². The molecule has 130 valence electrons. The smallest absolute Gasteiger partial charge is 0.255 e. The lowest BCUT2D eigenvalue weighted by Gasteiger charge is -2.14. The van der Waals surface area contributed by atoms with Crippen LogP contribution in [0.2, 0.25) is 0 Å². The van der Waals surface area contributed by atoms with Gasteiger partial charge in [-0.3, -0.25) is 9.59 Å². The molecule has 0 radical (unpaired) electrons. The molecule has 1 amide bonds. The largest absolute Gasteiger partial charge is 0.321 e. The van der Waals surface area contributed by atoms with Gasteiger partial charge in [-0.2, -0.15) is 0 Å². The number of hydrogen-bond acceptors (Lipinski definition) is 2. The van der Waals surface area contributed by atoms with Crippen LogP contribution in [0.15, 0.2) is 66.7 Å². The van der Waals surface area contributed by atoms with Crippen LogP contribution in [0, 0.1) is 6.57 Å². The van der Waals surface area contributed by atoms with Gasteiger partial charge in [-0.25, -0.2) is 4.85 Å². The standard InChI is InChI=1S/C23H16N2O2/c1-24-19-10-6-5-9-17(19)16-11-13-20(22-18(16)12-14-21(22)26)25-23(27)15-7-3-2-4-8-15/h2-11,13H,12,14H2,(H,25,27). The number of ketones is 1. The quantitative estimate of drug-likeness (QED) is 0.652. The molecule has 0 saturated carbocycles. The third-order valence-corrected chi connectivity index (χ3v) is 4.79. The number of benzene rings is 3. The molecule has 0 aromatic heterocycles. The van der Waals surface area contributed by atoms with Gasteiger partial charge in [-0.05, 0) is 41.3 Å². The molecule has 0 unspecified atom stereocenters. The minimum absolute atomic E-state index is 0.0236.